The Morgan fingerprint density at radius 1 is 0.600 bits per heavy atom. The Morgan fingerprint density at radius 3 is 1.00 bits per heavy atom. The summed E-state index contributed by atoms with van der Waals surface area (Å²) < 4.78 is 47.6. The van der Waals surface area contributed by atoms with Gasteiger partial charge in [0.15, 0.2) is 0 Å². The Balaban J connectivity index is 2.81. The number of allylic oxidation sites excluding steroid dienone is 4. The summed E-state index contributed by atoms with van der Waals surface area (Å²) in [6.45, 7) is 0. The summed E-state index contributed by atoms with van der Waals surface area (Å²) in [5, 5.41) is 0. The second-order valence-electron chi connectivity index (χ2n) is 1.51. The average molecular weight is 148 g/mol. The van der Waals surface area contributed by atoms with Crippen molar-refractivity contribution >= 4 is 0 Å². The lowest BCUT2D eigenvalue weighted by atomic mass is 10.1. The summed E-state index contributed by atoms with van der Waals surface area (Å²) in [7, 11) is 0. The molecule has 1 aliphatic rings. The minimum absolute atomic E-state index is 1.19. The van der Waals surface area contributed by atoms with Gasteiger partial charge in [0, 0.05) is 0 Å². The molecule has 0 atom stereocenters. The third-order valence-electron chi connectivity index (χ3n) is 0.824. The molecule has 0 fully saturated rings. The highest BCUT2D eigenvalue weighted by Gasteiger charge is 2.22. The Labute approximate surface area is 54.8 Å². The smallest absolute Gasteiger partial charge is 0.148 e. The van der Waals surface area contributed by atoms with Gasteiger partial charge in [-0.2, -0.15) is 0 Å². The summed E-state index contributed by atoms with van der Waals surface area (Å²) in [5.74, 6) is -6.28. The molecule has 10 heavy (non-hydrogen) atoms. The Bertz CT molecular complexity index is 170. The zero-order valence-electron chi connectivity index (χ0n) is 4.51. The molecule has 0 aliphatic heterocycles. The minimum Gasteiger partial charge on any atom is -0.208 e. The molecule has 1 rings (SSSR count). The van der Waals surface area contributed by atoms with Crippen LogP contribution in [-0.4, -0.2) is 0 Å². The predicted molar refractivity (Wildman–Crippen MR) is 25.0 cm³/mol. The van der Waals surface area contributed by atoms with E-state index in [1.165, 1.54) is 12.8 Å². The molecule has 0 amide bonds. The second kappa shape index (κ2) is 2.44. The van der Waals surface area contributed by atoms with E-state index in [4.69, 9.17) is 0 Å². The van der Waals surface area contributed by atoms with E-state index in [1.54, 1.807) is 0 Å². The van der Waals surface area contributed by atoms with Gasteiger partial charge in [0.05, 0.1) is 0 Å². The van der Waals surface area contributed by atoms with E-state index in [2.05, 4.69) is 0 Å². The average Bonchev–Trinajstić information content (AvgIpc) is 1.84. The van der Waals surface area contributed by atoms with Gasteiger partial charge in [0.1, 0.15) is 36.1 Å². The van der Waals surface area contributed by atoms with Gasteiger partial charge in [-0.3, -0.25) is 0 Å². The van der Waals surface area contributed by atoms with Crippen molar-refractivity contribution in [1.29, 1.82) is 0 Å². The van der Waals surface area contributed by atoms with E-state index < -0.39 is 23.3 Å². The molecule has 0 aromatic rings. The normalized spacial score (nSPS) is 20.4. The van der Waals surface area contributed by atoms with Crippen LogP contribution in [0.2, 0.25) is 0 Å². The van der Waals surface area contributed by atoms with Crippen LogP contribution in [0, 0.1) is 12.8 Å². The lowest BCUT2D eigenvalue weighted by molar-refractivity contribution is 0.483. The highest BCUT2D eigenvalue weighted by Crippen LogP contribution is 2.30. The number of hydrogen-bond acceptors (Lipinski definition) is 0. The molecule has 0 aromatic heterocycles. The molecule has 0 bridgehead atoms. The zero-order valence-corrected chi connectivity index (χ0v) is 4.51. The molecule has 0 heterocycles. The third-order valence-corrected chi connectivity index (χ3v) is 0.824. The fourth-order valence-corrected chi connectivity index (χ4v) is 0.412. The van der Waals surface area contributed by atoms with Crippen molar-refractivity contribution < 1.29 is 17.6 Å². The summed E-state index contributed by atoms with van der Waals surface area (Å²) in [4.78, 5) is 0. The molecule has 0 saturated carbocycles. The van der Waals surface area contributed by atoms with Gasteiger partial charge < -0.3 is 0 Å². The first-order valence-electron chi connectivity index (χ1n) is 2.26. The summed E-state index contributed by atoms with van der Waals surface area (Å²) in [6, 6.07) is 0. The summed E-state index contributed by atoms with van der Waals surface area (Å²) in [6.07, 6.45) is 2.38. The molecule has 0 nitrogen and oxygen atoms in total. The van der Waals surface area contributed by atoms with Crippen LogP contribution < -0.4 is 0 Å². The maximum absolute atomic E-state index is 11.9. The first kappa shape index (κ1) is 7.31. The van der Waals surface area contributed by atoms with Crippen LogP contribution in [-0.2, 0) is 0 Å². The molecule has 1 aliphatic carbocycles. The monoisotopic (exact) mass is 148 g/mol. The summed E-state index contributed by atoms with van der Waals surface area (Å²) >= 11 is 0. The zero-order chi connectivity index (χ0) is 7.72. The van der Waals surface area contributed by atoms with E-state index in [0.29, 0.717) is 0 Å². The van der Waals surface area contributed by atoms with Gasteiger partial charge in [0.25, 0.3) is 0 Å². The minimum atomic E-state index is -1.57. The Morgan fingerprint density at radius 2 is 0.800 bits per heavy atom. The molecule has 0 aromatic carbocycles. The fraction of sp³-hybridized carbons (Fsp3) is 0. The Kier molecular flexibility index (Phi) is 1.78. The van der Waals surface area contributed by atoms with Crippen LogP contribution in [0.5, 0.6) is 0 Å². The van der Waals surface area contributed by atoms with Gasteiger partial charge in [-0.05, 0) is 0 Å². The van der Waals surface area contributed by atoms with Gasteiger partial charge in [0.2, 0.25) is 0 Å². The van der Waals surface area contributed by atoms with Crippen LogP contribution in [0.3, 0.4) is 0 Å². The van der Waals surface area contributed by atoms with Gasteiger partial charge in [-0.15, -0.1) is 0 Å². The second-order valence-corrected chi connectivity index (χ2v) is 1.51. The molecule has 52 valence electrons. The summed E-state index contributed by atoms with van der Waals surface area (Å²) in [5.41, 5.74) is 0. The van der Waals surface area contributed by atoms with Crippen LogP contribution in [0.4, 0.5) is 17.6 Å². The van der Waals surface area contributed by atoms with E-state index in [9.17, 15) is 17.6 Å². The molecule has 0 saturated heterocycles. The maximum atomic E-state index is 11.9. The molecular weight excluding hydrogens is 148 g/mol. The number of hydrogen-bond donors (Lipinski definition) is 0. The van der Waals surface area contributed by atoms with E-state index in [1.807, 2.05) is 0 Å². The number of rotatable bonds is 0. The third kappa shape index (κ3) is 1.20. The Hall–Kier alpha value is -0.800. The van der Waals surface area contributed by atoms with Crippen molar-refractivity contribution in [3.8, 4) is 0 Å². The fourth-order valence-electron chi connectivity index (χ4n) is 0.412. The largest absolute Gasteiger partial charge is 0.208 e. The number of halogens is 4. The lowest BCUT2D eigenvalue weighted by Gasteiger charge is -2.03. The van der Waals surface area contributed by atoms with Gasteiger partial charge >= 0.3 is 0 Å². The quantitative estimate of drug-likeness (QED) is 0.463. The molecule has 0 spiro atoms. The highest BCUT2D eigenvalue weighted by molar-refractivity contribution is 5.39. The first-order chi connectivity index (χ1) is 4.61. The van der Waals surface area contributed by atoms with Crippen molar-refractivity contribution in [3.05, 3.63) is 36.1 Å². The van der Waals surface area contributed by atoms with E-state index in [-0.39, 0.29) is 0 Å². The topological polar surface area (TPSA) is 0 Å². The SMILES string of the molecule is FC1=C(F)[C]C(F)=C(F)[C]1. The molecular formula is C6F4. The van der Waals surface area contributed by atoms with Crippen molar-refractivity contribution in [2.45, 2.75) is 0 Å². The van der Waals surface area contributed by atoms with Crippen LogP contribution in [0.15, 0.2) is 23.3 Å². The standard InChI is InChI=1S/C6F4/c7-3-1-4(8)6(10)2-5(3)9. The van der Waals surface area contributed by atoms with Crippen molar-refractivity contribution in [1.82, 2.24) is 0 Å². The molecule has 4 radical (unpaired) electrons. The lowest BCUT2D eigenvalue weighted by Crippen LogP contribution is -1.95. The highest BCUT2D eigenvalue weighted by atomic mass is 19.2. The van der Waals surface area contributed by atoms with Crippen molar-refractivity contribution in [3.63, 3.8) is 0 Å². The van der Waals surface area contributed by atoms with Gasteiger partial charge in [-0.25, -0.2) is 17.6 Å². The molecule has 0 unspecified atom stereocenters. The van der Waals surface area contributed by atoms with Crippen LogP contribution >= 0.6 is 0 Å². The first-order valence-corrected chi connectivity index (χ1v) is 2.26. The molecule has 0 N–H and O–H groups in total. The van der Waals surface area contributed by atoms with Crippen molar-refractivity contribution in [2.24, 2.45) is 0 Å². The van der Waals surface area contributed by atoms with Crippen LogP contribution in [0.25, 0.3) is 0 Å². The molecule has 4 heteroatoms. The van der Waals surface area contributed by atoms with Crippen molar-refractivity contribution in [2.75, 3.05) is 0 Å². The van der Waals surface area contributed by atoms with E-state index >= 15 is 0 Å². The van der Waals surface area contributed by atoms with Gasteiger partial charge in [-0.1, -0.05) is 0 Å². The van der Waals surface area contributed by atoms with Crippen LogP contribution in [0.1, 0.15) is 0 Å². The maximum Gasteiger partial charge on any atom is 0.148 e. The predicted octanol–water partition coefficient (Wildman–Crippen LogP) is 2.46. The van der Waals surface area contributed by atoms with E-state index in [0.717, 1.165) is 0 Å².